The van der Waals surface area contributed by atoms with Gasteiger partial charge < -0.3 is 19.7 Å². The summed E-state index contributed by atoms with van der Waals surface area (Å²) in [5, 5.41) is 3.16. The molecule has 40 heavy (non-hydrogen) atoms. The molecule has 1 N–H and O–H groups in total. The van der Waals surface area contributed by atoms with Crippen LogP contribution in [0.5, 0.6) is 11.5 Å². The van der Waals surface area contributed by atoms with Crippen LogP contribution in [0.4, 0.5) is 5.69 Å². The molecule has 2 aromatic rings. The Morgan fingerprint density at radius 2 is 1.77 bits per heavy atom. The first-order chi connectivity index (χ1) is 19.2. The Morgan fingerprint density at radius 3 is 2.45 bits per heavy atom. The molecule has 0 bridgehead atoms. The number of rotatable bonds is 12. The van der Waals surface area contributed by atoms with Crippen LogP contribution < -0.4 is 19.1 Å². The smallest absolute Gasteiger partial charge is 0.243 e. The van der Waals surface area contributed by atoms with Crippen molar-refractivity contribution in [2.24, 2.45) is 0 Å². The predicted molar refractivity (Wildman–Crippen MR) is 155 cm³/mol. The van der Waals surface area contributed by atoms with E-state index in [-0.39, 0.29) is 30.8 Å². The zero-order valence-corrected chi connectivity index (χ0v) is 24.5. The second-order valence-electron chi connectivity index (χ2n) is 10.7. The van der Waals surface area contributed by atoms with E-state index in [2.05, 4.69) is 5.32 Å². The largest absolute Gasteiger partial charge is 0.486 e. The number of aryl methyl sites for hydroxylation is 1. The fourth-order valence-corrected chi connectivity index (χ4v) is 6.44. The van der Waals surface area contributed by atoms with E-state index in [0.29, 0.717) is 49.8 Å². The monoisotopic (exact) mass is 571 g/mol. The number of hydrogen-bond acceptors (Lipinski definition) is 6. The Balaban J connectivity index is 1.48. The van der Waals surface area contributed by atoms with Gasteiger partial charge in [0.1, 0.15) is 19.3 Å². The van der Waals surface area contributed by atoms with Crippen LogP contribution in [0.15, 0.2) is 42.5 Å². The maximum atomic E-state index is 13.7. The third-order valence-corrected chi connectivity index (χ3v) is 8.68. The number of sulfonamides is 1. The first-order valence-corrected chi connectivity index (χ1v) is 16.0. The van der Waals surface area contributed by atoms with Gasteiger partial charge in [-0.3, -0.25) is 13.9 Å². The number of nitrogens with one attached hydrogen (secondary N) is 1. The quantitative estimate of drug-likeness (QED) is 0.410. The lowest BCUT2D eigenvalue weighted by molar-refractivity contribution is -0.141. The number of fused-ring (bicyclic) bond motifs is 1. The zero-order chi connectivity index (χ0) is 28.7. The van der Waals surface area contributed by atoms with Crippen molar-refractivity contribution in [3.63, 3.8) is 0 Å². The topological polar surface area (TPSA) is 105 Å². The Kier molecular flexibility index (Phi) is 9.95. The summed E-state index contributed by atoms with van der Waals surface area (Å²) < 4.78 is 37.9. The minimum atomic E-state index is -3.62. The van der Waals surface area contributed by atoms with Gasteiger partial charge in [0.15, 0.2) is 11.5 Å². The average Bonchev–Trinajstić information content (AvgIpc) is 3.43. The van der Waals surface area contributed by atoms with Crippen molar-refractivity contribution in [3.05, 3.63) is 53.6 Å². The minimum Gasteiger partial charge on any atom is -0.486 e. The number of nitrogens with zero attached hydrogens (tertiary/aromatic N) is 2. The third kappa shape index (κ3) is 7.68. The van der Waals surface area contributed by atoms with Crippen LogP contribution in [0.3, 0.4) is 0 Å². The molecule has 0 saturated heterocycles. The maximum Gasteiger partial charge on any atom is 0.243 e. The predicted octanol–water partition coefficient (Wildman–Crippen LogP) is 4.18. The van der Waals surface area contributed by atoms with Gasteiger partial charge in [0.05, 0.1) is 11.9 Å². The summed E-state index contributed by atoms with van der Waals surface area (Å²) in [6.45, 7) is 5.19. The molecule has 0 aromatic heterocycles. The van der Waals surface area contributed by atoms with Gasteiger partial charge in [-0.2, -0.15) is 0 Å². The second kappa shape index (κ2) is 13.4. The highest BCUT2D eigenvalue weighted by Gasteiger charge is 2.31. The molecule has 1 unspecified atom stereocenters. The van der Waals surface area contributed by atoms with Gasteiger partial charge in [-0.25, -0.2) is 8.42 Å². The van der Waals surface area contributed by atoms with Crippen LogP contribution in [-0.2, 0) is 26.2 Å². The summed E-state index contributed by atoms with van der Waals surface area (Å²) in [5.74, 6) is 0.777. The Bertz CT molecular complexity index is 1290. The lowest BCUT2D eigenvalue weighted by Gasteiger charge is -2.32. The molecule has 1 fully saturated rings. The summed E-state index contributed by atoms with van der Waals surface area (Å²) in [7, 11) is -3.62. The fourth-order valence-electron chi connectivity index (χ4n) is 5.49. The lowest BCUT2D eigenvalue weighted by Crippen LogP contribution is -2.51. The first kappa shape index (κ1) is 29.7. The highest BCUT2D eigenvalue weighted by molar-refractivity contribution is 7.92. The van der Waals surface area contributed by atoms with Crippen LogP contribution in [-0.4, -0.2) is 63.2 Å². The van der Waals surface area contributed by atoms with E-state index in [0.717, 1.165) is 43.1 Å². The molecule has 218 valence electrons. The molecular formula is C30H41N3O6S. The molecule has 10 heteroatoms. The molecule has 2 aromatic carbocycles. The van der Waals surface area contributed by atoms with Gasteiger partial charge in [-0.05, 0) is 50.3 Å². The van der Waals surface area contributed by atoms with Crippen LogP contribution >= 0.6 is 0 Å². The highest BCUT2D eigenvalue weighted by atomic mass is 32.2. The SMILES string of the molecule is CCC(C(=O)NC1CCCC1)N(Cc1cccc(C)c1)C(=O)CCCN(c1ccc2c(c1)OCCO2)S(C)(=O)=O. The van der Waals surface area contributed by atoms with Crippen molar-refractivity contribution in [2.75, 3.05) is 30.3 Å². The number of amides is 2. The standard InChI is InChI=1S/C30H41N3O6S/c1-4-26(30(35)31-24-11-5-6-12-24)32(21-23-10-7-9-22(2)19-23)29(34)13-8-16-33(40(3,36)37)25-14-15-27-28(20-25)39-18-17-38-27/h7,9-10,14-15,19-20,24,26H,4-6,8,11-13,16-18,21H2,1-3H3,(H,31,35). The van der Waals surface area contributed by atoms with E-state index in [1.807, 2.05) is 38.1 Å². The summed E-state index contributed by atoms with van der Waals surface area (Å²) in [6, 6.07) is 12.5. The highest BCUT2D eigenvalue weighted by Crippen LogP contribution is 2.35. The maximum absolute atomic E-state index is 13.7. The van der Waals surface area contributed by atoms with Crippen molar-refractivity contribution >= 4 is 27.5 Å². The number of carbonyl (C=O) groups is 2. The molecule has 1 aliphatic carbocycles. The molecule has 2 aliphatic rings. The molecule has 2 amide bonds. The third-order valence-electron chi connectivity index (χ3n) is 7.49. The Labute approximate surface area is 237 Å². The van der Waals surface area contributed by atoms with Crippen molar-refractivity contribution in [3.8, 4) is 11.5 Å². The molecular weight excluding hydrogens is 530 g/mol. The Morgan fingerprint density at radius 1 is 1.05 bits per heavy atom. The number of hydrogen-bond donors (Lipinski definition) is 1. The molecule has 4 rings (SSSR count). The van der Waals surface area contributed by atoms with Gasteiger partial charge in [-0.1, -0.05) is 49.6 Å². The summed E-state index contributed by atoms with van der Waals surface area (Å²) >= 11 is 0. The van der Waals surface area contributed by atoms with Crippen molar-refractivity contribution in [1.82, 2.24) is 10.2 Å². The van der Waals surface area contributed by atoms with Crippen molar-refractivity contribution in [1.29, 1.82) is 0 Å². The summed E-state index contributed by atoms with van der Waals surface area (Å²) in [6.07, 6.45) is 6.19. The normalized spacial score (nSPS) is 15.9. The molecule has 1 aliphatic heterocycles. The van der Waals surface area contributed by atoms with E-state index in [4.69, 9.17) is 9.47 Å². The van der Waals surface area contributed by atoms with Crippen LogP contribution in [0.2, 0.25) is 0 Å². The lowest BCUT2D eigenvalue weighted by atomic mass is 10.1. The average molecular weight is 572 g/mol. The van der Waals surface area contributed by atoms with Crippen LogP contribution in [0.1, 0.15) is 63.0 Å². The molecule has 1 atom stereocenters. The Hall–Kier alpha value is -3.27. The van der Waals surface area contributed by atoms with E-state index in [9.17, 15) is 18.0 Å². The molecule has 9 nitrogen and oxygen atoms in total. The molecule has 0 spiro atoms. The van der Waals surface area contributed by atoms with Crippen molar-refractivity contribution < 1.29 is 27.5 Å². The van der Waals surface area contributed by atoms with Gasteiger partial charge in [0.2, 0.25) is 21.8 Å². The van der Waals surface area contributed by atoms with Gasteiger partial charge >= 0.3 is 0 Å². The van der Waals surface area contributed by atoms with Gasteiger partial charge in [0, 0.05) is 31.6 Å². The van der Waals surface area contributed by atoms with E-state index >= 15 is 0 Å². The number of carbonyl (C=O) groups excluding carboxylic acids is 2. The summed E-state index contributed by atoms with van der Waals surface area (Å²) in [5.41, 5.74) is 2.49. The van der Waals surface area contributed by atoms with Crippen molar-refractivity contribution in [2.45, 2.75) is 77.4 Å². The fraction of sp³-hybridized carbons (Fsp3) is 0.533. The van der Waals surface area contributed by atoms with Crippen LogP contribution in [0.25, 0.3) is 0 Å². The second-order valence-corrected chi connectivity index (χ2v) is 12.6. The van der Waals surface area contributed by atoms with E-state index < -0.39 is 16.1 Å². The van der Waals surface area contributed by atoms with Gasteiger partial charge in [-0.15, -0.1) is 0 Å². The first-order valence-electron chi connectivity index (χ1n) is 14.2. The number of ether oxygens (including phenoxy) is 2. The minimum absolute atomic E-state index is 0.107. The zero-order valence-electron chi connectivity index (χ0n) is 23.7. The number of anilines is 1. The molecule has 0 radical (unpaired) electrons. The number of benzene rings is 2. The van der Waals surface area contributed by atoms with E-state index in [1.165, 1.54) is 4.31 Å². The van der Waals surface area contributed by atoms with Crippen LogP contribution in [0, 0.1) is 6.92 Å². The molecule has 1 saturated carbocycles. The summed E-state index contributed by atoms with van der Waals surface area (Å²) in [4.78, 5) is 28.7. The van der Waals surface area contributed by atoms with Gasteiger partial charge in [0.25, 0.3) is 0 Å². The van der Waals surface area contributed by atoms with E-state index in [1.54, 1.807) is 23.1 Å². The molecule has 1 heterocycles.